The lowest BCUT2D eigenvalue weighted by molar-refractivity contribution is -0.387. The van der Waals surface area contributed by atoms with Crippen molar-refractivity contribution in [2.75, 3.05) is 5.32 Å². The third-order valence-electron chi connectivity index (χ3n) is 3.61. The fourth-order valence-electron chi connectivity index (χ4n) is 2.33. The number of hydrogen-bond acceptors (Lipinski definition) is 4. The van der Waals surface area contributed by atoms with Crippen molar-refractivity contribution >= 4 is 17.3 Å². The smallest absolute Gasteiger partial charge is 0.306 e. The lowest BCUT2D eigenvalue weighted by atomic mass is 10.2. The number of nitro benzene ring substituents is 1. The minimum atomic E-state index is -0.957. The van der Waals surface area contributed by atoms with Crippen molar-refractivity contribution in [3.05, 3.63) is 81.9 Å². The second kappa shape index (κ2) is 6.52. The molecule has 3 aromatic rings. The number of nitrogens with zero attached hydrogens (tertiary/aromatic N) is 3. The van der Waals surface area contributed by atoms with E-state index >= 15 is 0 Å². The summed E-state index contributed by atoms with van der Waals surface area (Å²) in [4.78, 5) is 22.2. The van der Waals surface area contributed by atoms with Gasteiger partial charge in [-0.15, -0.1) is 0 Å². The fraction of sp³-hybridized carbons (Fsp3) is 0.0588. The van der Waals surface area contributed by atoms with Crippen molar-refractivity contribution in [1.29, 1.82) is 0 Å². The van der Waals surface area contributed by atoms with Gasteiger partial charge in [0.25, 0.3) is 5.91 Å². The van der Waals surface area contributed by atoms with Gasteiger partial charge in [0.2, 0.25) is 5.82 Å². The molecule has 2 aromatic carbocycles. The number of aromatic nitrogens is 2. The first-order valence-corrected chi connectivity index (χ1v) is 7.32. The van der Waals surface area contributed by atoms with Gasteiger partial charge >= 0.3 is 5.69 Å². The van der Waals surface area contributed by atoms with Crippen LogP contribution < -0.4 is 5.32 Å². The summed E-state index contributed by atoms with van der Waals surface area (Å²) in [5.41, 5.74) is 1.57. The van der Waals surface area contributed by atoms with Crippen molar-refractivity contribution in [2.24, 2.45) is 0 Å². The van der Waals surface area contributed by atoms with Crippen molar-refractivity contribution < 1.29 is 14.1 Å². The third kappa shape index (κ3) is 3.37. The lowest BCUT2D eigenvalue weighted by Gasteiger charge is -2.08. The first-order valence-electron chi connectivity index (χ1n) is 7.32. The van der Waals surface area contributed by atoms with Crippen molar-refractivity contribution in [3.8, 4) is 5.69 Å². The predicted octanol–water partition coefficient (Wildman–Crippen LogP) is 3.48. The molecule has 3 rings (SSSR count). The number of carbonyl (C=O) groups is 1. The minimum absolute atomic E-state index is 0.144. The summed E-state index contributed by atoms with van der Waals surface area (Å²) in [5.74, 6) is -1.41. The normalized spacial score (nSPS) is 10.5. The van der Waals surface area contributed by atoms with Crippen LogP contribution in [-0.2, 0) is 0 Å². The molecular formula is C17H13FN4O3. The van der Waals surface area contributed by atoms with Gasteiger partial charge in [0.05, 0.1) is 10.6 Å². The summed E-state index contributed by atoms with van der Waals surface area (Å²) in [5, 5.41) is 17.4. The molecule has 0 fully saturated rings. The summed E-state index contributed by atoms with van der Waals surface area (Å²) < 4.78 is 15.1. The molecular weight excluding hydrogens is 327 g/mol. The van der Waals surface area contributed by atoms with E-state index in [1.165, 1.54) is 6.07 Å². The van der Waals surface area contributed by atoms with Gasteiger partial charge in [0, 0.05) is 29.2 Å². The molecule has 1 heterocycles. The SMILES string of the molecule is Cc1ccnn1-c1ccc(C(=O)Nc2ccc(F)c([N+](=O)[O-])c2)cc1. The molecule has 1 aromatic heterocycles. The van der Waals surface area contributed by atoms with E-state index in [4.69, 9.17) is 0 Å². The Kier molecular flexibility index (Phi) is 4.25. The van der Waals surface area contributed by atoms with Gasteiger partial charge in [0.1, 0.15) is 0 Å². The van der Waals surface area contributed by atoms with Gasteiger partial charge in [-0.2, -0.15) is 9.49 Å². The van der Waals surface area contributed by atoms with E-state index < -0.39 is 22.3 Å². The van der Waals surface area contributed by atoms with Gasteiger partial charge in [-0.1, -0.05) is 0 Å². The fourth-order valence-corrected chi connectivity index (χ4v) is 2.33. The maximum atomic E-state index is 13.3. The molecule has 7 nitrogen and oxygen atoms in total. The number of nitro groups is 1. The molecule has 0 saturated carbocycles. The average molecular weight is 340 g/mol. The summed E-state index contributed by atoms with van der Waals surface area (Å²) in [6.07, 6.45) is 1.68. The molecule has 1 N–H and O–H groups in total. The zero-order valence-corrected chi connectivity index (χ0v) is 13.1. The maximum absolute atomic E-state index is 13.3. The van der Waals surface area contributed by atoms with E-state index in [2.05, 4.69) is 10.4 Å². The van der Waals surface area contributed by atoms with Crippen molar-refractivity contribution in [3.63, 3.8) is 0 Å². The Labute approximate surface area is 141 Å². The second-order valence-corrected chi connectivity index (χ2v) is 5.31. The Morgan fingerprint density at radius 2 is 1.92 bits per heavy atom. The molecule has 1 amide bonds. The van der Waals surface area contributed by atoms with Gasteiger partial charge < -0.3 is 5.32 Å². The number of hydrogen-bond donors (Lipinski definition) is 1. The van der Waals surface area contributed by atoms with E-state index in [-0.39, 0.29) is 5.69 Å². The highest BCUT2D eigenvalue weighted by molar-refractivity contribution is 6.04. The zero-order valence-electron chi connectivity index (χ0n) is 13.1. The van der Waals surface area contributed by atoms with Crippen molar-refractivity contribution in [2.45, 2.75) is 6.92 Å². The number of anilines is 1. The number of rotatable bonds is 4. The van der Waals surface area contributed by atoms with Crippen LogP contribution in [0.4, 0.5) is 15.8 Å². The first-order chi connectivity index (χ1) is 12.0. The van der Waals surface area contributed by atoms with E-state index in [9.17, 15) is 19.3 Å². The van der Waals surface area contributed by atoms with Crippen LogP contribution in [0.3, 0.4) is 0 Å². The molecule has 0 unspecified atom stereocenters. The van der Waals surface area contributed by atoms with Crippen LogP contribution in [0.1, 0.15) is 16.1 Å². The van der Waals surface area contributed by atoms with Gasteiger partial charge in [-0.25, -0.2) is 4.68 Å². The predicted molar refractivity (Wildman–Crippen MR) is 89.3 cm³/mol. The Hall–Kier alpha value is -3.55. The van der Waals surface area contributed by atoms with Crippen molar-refractivity contribution in [1.82, 2.24) is 9.78 Å². The summed E-state index contributed by atoms with van der Waals surface area (Å²) in [7, 11) is 0. The summed E-state index contributed by atoms with van der Waals surface area (Å²) >= 11 is 0. The molecule has 0 saturated heterocycles. The molecule has 0 bridgehead atoms. The topological polar surface area (TPSA) is 90.1 Å². The number of halogens is 1. The molecule has 126 valence electrons. The number of amides is 1. The highest BCUT2D eigenvalue weighted by Crippen LogP contribution is 2.22. The van der Waals surface area contributed by atoms with E-state index in [1.54, 1.807) is 35.1 Å². The van der Waals surface area contributed by atoms with Gasteiger partial charge in [0.15, 0.2) is 0 Å². The molecule has 0 spiro atoms. The largest absolute Gasteiger partial charge is 0.322 e. The van der Waals surface area contributed by atoms with Crippen LogP contribution in [-0.4, -0.2) is 20.6 Å². The maximum Gasteiger partial charge on any atom is 0.306 e. The molecule has 8 heteroatoms. The monoisotopic (exact) mass is 340 g/mol. The minimum Gasteiger partial charge on any atom is -0.322 e. The van der Waals surface area contributed by atoms with Crippen LogP contribution >= 0.6 is 0 Å². The summed E-state index contributed by atoms with van der Waals surface area (Å²) in [6.45, 7) is 1.91. The molecule has 0 radical (unpaired) electrons. The van der Waals surface area contributed by atoms with Crippen LogP contribution in [0.25, 0.3) is 5.69 Å². The van der Waals surface area contributed by atoms with Gasteiger partial charge in [-0.05, 0) is 49.4 Å². The Morgan fingerprint density at radius 1 is 1.20 bits per heavy atom. The first kappa shape index (κ1) is 16.3. The highest BCUT2D eigenvalue weighted by Gasteiger charge is 2.16. The second-order valence-electron chi connectivity index (χ2n) is 5.31. The molecule has 25 heavy (non-hydrogen) atoms. The molecule has 0 aliphatic carbocycles. The number of carbonyl (C=O) groups excluding carboxylic acids is 1. The quantitative estimate of drug-likeness (QED) is 0.581. The van der Waals surface area contributed by atoms with E-state index in [0.29, 0.717) is 5.56 Å². The number of benzene rings is 2. The Bertz CT molecular complexity index is 951. The van der Waals surface area contributed by atoms with E-state index in [0.717, 1.165) is 23.5 Å². The molecule has 0 atom stereocenters. The van der Waals surface area contributed by atoms with Crippen LogP contribution in [0.15, 0.2) is 54.7 Å². The number of aryl methyl sites for hydroxylation is 1. The van der Waals surface area contributed by atoms with Gasteiger partial charge in [-0.3, -0.25) is 14.9 Å². The number of nitrogens with one attached hydrogen (secondary N) is 1. The van der Waals surface area contributed by atoms with Crippen LogP contribution in [0, 0.1) is 22.9 Å². The average Bonchev–Trinajstić information content (AvgIpc) is 3.02. The molecule has 0 aliphatic rings. The Morgan fingerprint density at radius 3 is 2.52 bits per heavy atom. The highest BCUT2D eigenvalue weighted by atomic mass is 19.1. The van der Waals surface area contributed by atoms with E-state index in [1.807, 2.05) is 13.0 Å². The lowest BCUT2D eigenvalue weighted by Crippen LogP contribution is -2.12. The zero-order chi connectivity index (χ0) is 18.0. The third-order valence-corrected chi connectivity index (χ3v) is 3.61. The van der Waals surface area contributed by atoms with Crippen LogP contribution in [0.2, 0.25) is 0 Å². The van der Waals surface area contributed by atoms with Crippen LogP contribution in [0.5, 0.6) is 0 Å². The molecule has 0 aliphatic heterocycles. The summed E-state index contributed by atoms with van der Waals surface area (Å²) in [6, 6.07) is 11.8. The Balaban J connectivity index is 1.79. The standard InChI is InChI=1S/C17H13FN4O3/c1-11-8-9-19-21(11)14-5-2-12(3-6-14)17(23)20-13-4-7-15(18)16(10-13)22(24)25/h2-10H,1H3,(H,20,23).